The molecule has 1 atom stereocenters. The van der Waals surface area contributed by atoms with Crippen LogP contribution in [0.2, 0.25) is 0 Å². The van der Waals surface area contributed by atoms with E-state index in [1.165, 1.54) is 25.1 Å². The van der Waals surface area contributed by atoms with Crippen molar-refractivity contribution in [3.8, 4) is 11.5 Å². The van der Waals surface area contributed by atoms with Crippen LogP contribution in [-0.4, -0.2) is 63.5 Å². The predicted octanol–water partition coefficient (Wildman–Crippen LogP) is 3.22. The van der Waals surface area contributed by atoms with E-state index in [9.17, 15) is 22.0 Å². The molecule has 0 bridgehead atoms. The van der Waals surface area contributed by atoms with Gasteiger partial charge in [-0.05, 0) is 18.6 Å². The average Bonchev–Trinajstić information content (AvgIpc) is 3.03. The number of ether oxygens (including phenoxy) is 2. The van der Waals surface area contributed by atoms with Crippen molar-refractivity contribution in [2.45, 2.75) is 31.8 Å². The molecule has 1 aliphatic rings. The van der Waals surface area contributed by atoms with Gasteiger partial charge in [0, 0.05) is 44.4 Å². The molecule has 29 heavy (non-hydrogen) atoms. The molecule has 0 amide bonds. The van der Waals surface area contributed by atoms with E-state index in [0.717, 1.165) is 0 Å². The van der Waals surface area contributed by atoms with Crippen molar-refractivity contribution in [2.24, 2.45) is 4.99 Å². The van der Waals surface area contributed by atoms with Gasteiger partial charge in [-0.15, -0.1) is 24.0 Å². The Bertz CT molecular complexity index is 676. The normalized spacial score (nSPS) is 17.8. The fourth-order valence-electron chi connectivity index (χ4n) is 2.93. The Morgan fingerprint density at radius 3 is 2.66 bits per heavy atom. The molecule has 1 saturated heterocycles. The lowest BCUT2D eigenvalue weighted by Crippen LogP contribution is -2.44. The Balaban J connectivity index is 0.00000420. The topological polar surface area (TPSA) is 58.1 Å². The number of benzene rings is 1. The maximum Gasteiger partial charge on any atom is 0.401 e. The number of hydrogen-bond donors (Lipinski definition) is 2. The van der Waals surface area contributed by atoms with E-state index in [0.29, 0.717) is 30.2 Å². The third-order valence-electron chi connectivity index (χ3n) is 4.18. The zero-order chi connectivity index (χ0) is 20.7. The molecular formula is C17H24F5IN4O2. The third kappa shape index (κ3) is 8.76. The maximum absolute atomic E-state index is 12.6. The third-order valence-corrected chi connectivity index (χ3v) is 4.18. The van der Waals surface area contributed by atoms with Crippen molar-refractivity contribution < 1.29 is 31.4 Å². The Labute approximate surface area is 182 Å². The second kappa shape index (κ2) is 11.6. The quantitative estimate of drug-likeness (QED) is 0.242. The molecule has 2 N–H and O–H groups in total. The summed E-state index contributed by atoms with van der Waals surface area (Å²) >= 11 is 0. The van der Waals surface area contributed by atoms with E-state index in [1.54, 1.807) is 12.1 Å². The number of halogens is 6. The average molecular weight is 538 g/mol. The number of aliphatic imine (C=N–C) groups is 1. The van der Waals surface area contributed by atoms with Crippen molar-refractivity contribution in [3.05, 3.63) is 23.8 Å². The van der Waals surface area contributed by atoms with Gasteiger partial charge in [0.15, 0.2) is 5.96 Å². The second-order valence-corrected chi connectivity index (χ2v) is 6.26. The minimum atomic E-state index is -4.23. The Morgan fingerprint density at radius 1 is 1.34 bits per heavy atom. The minimum absolute atomic E-state index is 0. The number of likely N-dealkylation sites (tertiary alicyclic amines) is 1. The second-order valence-electron chi connectivity index (χ2n) is 6.26. The van der Waals surface area contributed by atoms with E-state index < -0.39 is 19.3 Å². The lowest BCUT2D eigenvalue weighted by molar-refractivity contribution is -0.143. The van der Waals surface area contributed by atoms with Crippen molar-refractivity contribution in [2.75, 3.05) is 33.8 Å². The molecule has 1 aliphatic heterocycles. The van der Waals surface area contributed by atoms with Crippen LogP contribution in [0.25, 0.3) is 0 Å². The lowest BCUT2D eigenvalue weighted by atomic mass is 10.2. The molecule has 0 saturated carbocycles. The summed E-state index contributed by atoms with van der Waals surface area (Å²) in [6, 6.07) is 4.35. The van der Waals surface area contributed by atoms with Gasteiger partial charge >= 0.3 is 12.8 Å². The fraction of sp³-hybridized carbons (Fsp3) is 0.588. The van der Waals surface area contributed by atoms with Gasteiger partial charge in [-0.2, -0.15) is 22.0 Å². The lowest BCUT2D eigenvalue weighted by Gasteiger charge is -2.20. The van der Waals surface area contributed by atoms with Crippen LogP contribution < -0.4 is 20.1 Å². The van der Waals surface area contributed by atoms with Crippen LogP contribution in [0.4, 0.5) is 22.0 Å². The van der Waals surface area contributed by atoms with E-state index >= 15 is 0 Å². The highest BCUT2D eigenvalue weighted by molar-refractivity contribution is 14.0. The highest BCUT2D eigenvalue weighted by atomic mass is 127. The molecular weight excluding hydrogens is 514 g/mol. The zero-order valence-corrected chi connectivity index (χ0v) is 18.3. The highest BCUT2D eigenvalue weighted by Gasteiger charge is 2.34. The first-order valence-electron chi connectivity index (χ1n) is 8.58. The number of methoxy groups -OCH3 is 1. The summed E-state index contributed by atoms with van der Waals surface area (Å²) in [7, 11) is 2.93. The molecule has 1 aromatic carbocycles. The summed E-state index contributed by atoms with van der Waals surface area (Å²) in [5, 5.41) is 6.01. The summed E-state index contributed by atoms with van der Waals surface area (Å²) in [4.78, 5) is 5.35. The molecule has 1 heterocycles. The predicted molar refractivity (Wildman–Crippen MR) is 109 cm³/mol. The van der Waals surface area contributed by atoms with Crippen molar-refractivity contribution >= 4 is 29.9 Å². The van der Waals surface area contributed by atoms with Crippen LogP contribution in [0, 0.1) is 0 Å². The molecule has 166 valence electrons. The number of guanidine groups is 1. The van der Waals surface area contributed by atoms with Crippen LogP contribution in [0.5, 0.6) is 11.5 Å². The van der Waals surface area contributed by atoms with Gasteiger partial charge in [0.05, 0.1) is 13.7 Å². The van der Waals surface area contributed by atoms with Crippen molar-refractivity contribution in [3.63, 3.8) is 0 Å². The maximum atomic E-state index is 12.6. The zero-order valence-electron chi connectivity index (χ0n) is 15.9. The van der Waals surface area contributed by atoms with Crippen LogP contribution in [0.15, 0.2) is 23.2 Å². The molecule has 0 spiro atoms. The summed E-state index contributed by atoms with van der Waals surface area (Å²) < 4.78 is 72.2. The first-order valence-corrected chi connectivity index (χ1v) is 8.58. The van der Waals surface area contributed by atoms with Gasteiger partial charge in [-0.3, -0.25) is 9.89 Å². The molecule has 1 aromatic rings. The first kappa shape index (κ1) is 25.5. The number of rotatable bonds is 7. The Kier molecular flexibility index (Phi) is 10.2. The molecule has 0 aliphatic carbocycles. The van der Waals surface area contributed by atoms with Crippen LogP contribution in [0.3, 0.4) is 0 Å². The molecule has 12 heteroatoms. The van der Waals surface area contributed by atoms with Crippen molar-refractivity contribution in [1.29, 1.82) is 0 Å². The first-order chi connectivity index (χ1) is 13.2. The summed E-state index contributed by atoms with van der Waals surface area (Å²) in [6.07, 6.45) is -3.69. The number of nitrogens with zero attached hydrogens (tertiary/aromatic N) is 2. The van der Waals surface area contributed by atoms with E-state index in [1.807, 2.05) is 0 Å². The summed E-state index contributed by atoms with van der Waals surface area (Å²) in [5.41, 5.74) is 0.453. The van der Waals surface area contributed by atoms with Gasteiger partial charge < -0.3 is 20.1 Å². The molecule has 6 nitrogen and oxygen atoms in total. The number of hydrogen-bond acceptors (Lipinski definition) is 4. The molecule has 0 radical (unpaired) electrons. The van der Waals surface area contributed by atoms with Crippen LogP contribution in [-0.2, 0) is 6.54 Å². The molecule has 1 unspecified atom stereocenters. The minimum Gasteiger partial charge on any atom is -0.497 e. The summed E-state index contributed by atoms with van der Waals surface area (Å²) in [5.74, 6) is 0.699. The van der Waals surface area contributed by atoms with E-state index in [4.69, 9.17) is 4.74 Å². The van der Waals surface area contributed by atoms with Crippen LogP contribution >= 0.6 is 24.0 Å². The SMILES string of the molecule is CN=C(NCc1ccc(OC)cc1OC(F)F)NC1CCN(CC(F)(F)F)C1.I. The number of nitrogens with one attached hydrogen (secondary N) is 2. The van der Waals surface area contributed by atoms with E-state index in [-0.39, 0.29) is 48.9 Å². The fourth-order valence-corrected chi connectivity index (χ4v) is 2.93. The molecule has 2 rings (SSSR count). The standard InChI is InChI=1S/C17H23F5N4O2.HI/c1-23-16(25-12-5-6-26(9-12)10-17(20,21)22)24-8-11-3-4-13(27-2)7-14(11)28-15(18)19;/h3-4,7,12,15H,5-6,8-10H2,1-2H3,(H2,23,24,25);1H. The molecule has 0 aromatic heterocycles. The highest BCUT2D eigenvalue weighted by Crippen LogP contribution is 2.26. The van der Waals surface area contributed by atoms with Gasteiger partial charge in [0.2, 0.25) is 0 Å². The van der Waals surface area contributed by atoms with Gasteiger partial charge in [-0.1, -0.05) is 0 Å². The van der Waals surface area contributed by atoms with Crippen LogP contribution in [0.1, 0.15) is 12.0 Å². The molecule has 1 fully saturated rings. The smallest absolute Gasteiger partial charge is 0.401 e. The summed E-state index contributed by atoms with van der Waals surface area (Å²) in [6.45, 7) is -3.23. The monoisotopic (exact) mass is 538 g/mol. The largest absolute Gasteiger partial charge is 0.497 e. The Morgan fingerprint density at radius 2 is 2.07 bits per heavy atom. The van der Waals surface area contributed by atoms with E-state index in [2.05, 4.69) is 20.4 Å². The van der Waals surface area contributed by atoms with Gasteiger partial charge in [-0.25, -0.2) is 0 Å². The Hall–Kier alpha value is -1.57. The van der Waals surface area contributed by atoms with Gasteiger partial charge in [0.1, 0.15) is 11.5 Å². The van der Waals surface area contributed by atoms with Gasteiger partial charge in [0.25, 0.3) is 0 Å². The number of alkyl halides is 5. The van der Waals surface area contributed by atoms with Crippen molar-refractivity contribution in [1.82, 2.24) is 15.5 Å².